The molecule has 9 heteroatoms. The van der Waals surface area contributed by atoms with Gasteiger partial charge >= 0.3 is 0 Å². The van der Waals surface area contributed by atoms with Crippen molar-refractivity contribution in [2.75, 3.05) is 16.0 Å². The summed E-state index contributed by atoms with van der Waals surface area (Å²) in [5.41, 5.74) is 5.70. The number of hydrogen-bond donors (Lipinski definition) is 3. The molecule has 3 aromatic carbocycles. The third-order valence-corrected chi connectivity index (χ3v) is 6.05. The molecule has 9 nitrogen and oxygen atoms in total. The lowest BCUT2D eigenvalue weighted by atomic mass is 10.0. The van der Waals surface area contributed by atoms with Gasteiger partial charge in [-0.3, -0.25) is 14.2 Å². The van der Waals surface area contributed by atoms with Gasteiger partial charge in [-0.15, -0.1) is 0 Å². The number of amides is 2. The molecule has 0 bridgehead atoms. The van der Waals surface area contributed by atoms with E-state index in [1.807, 2.05) is 59.2 Å². The summed E-state index contributed by atoms with van der Waals surface area (Å²) >= 11 is 0. The Hall–Kier alpha value is -5.05. The van der Waals surface area contributed by atoms with Crippen molar-refractivity contribution in [3.63, 3.8) is 0 Å². The number of rotatable bonds is 7. The second-order valence-corrected chi connectivity index (χ2v) is 8.96. The molecule has 3 N–H and O–H groups in total. The van der Waals surface area contributed by atoms with Crippen LogP contribution in [0.4, 0.5) is 17.3 Å². The van der Waals surface area contributed by atoms with Crippen molar-refractivity contribution < 1.29 is 9.59 Å². The molecule has 0 saturated heterocycles. The first-order valence-electron chi connectivity index (χ1n) is 12.2. The quantitative estimate of drug-likeness (QED) is 0.266. The van der Waals surface area contributed by atoms with Crippen LogP contribution in [-0.2, 0) is 9.59 Å². The van der Waals surface area contributed by atoms with Crippen LogP contribution in [0.3, 0.4) is 0 Å². The summed E-state index contributed by atoms with van der Waals surface area (Å²) in [5.74, 6) is 0.793. The summed E-state index contributed by atoms with van der Waals surface area (Å²) in [6.07, 6.45) is 3.46. The first kappa shape index (κ1) is 24.6. The molecule has 0 fully saturated rings. The summed E-state index contributed by atoms with van der Waals surface area (Å²) in [4.78, 5) is 37.0. The Balaban J connectivity index is 1.43. The number of nitrogens with one attached hydrogen (secondary N) is 3. The molecule has 1 atom stereocenters. The van der Waals surface area contributed by atoms with Crippen LogP contribution in [0.1, 0.15) is 32.4 Å². The zero-order valence-electron chi connectivity index (χ0n) is 21.3. The fourth-order valence-electron chi connectivity index (χ4n) is 4.26. The van der Waals surface area contributed by atoms with E-state index in [-0.39, 0.29) is 17.9 Å². The molecular formula is C29H27N7O2. The van der Waals surface area contributed by atoms with E-state index < -0.39 is 0 Å². The number of anilines is 3. The Kier molecular flexibility index (Phi) is 6.82. The standard InChI is InChI=1S/C29H27N7O2/c1-18(21-7-5-4-6-8-21)32-29-30-14-13-28(35-29)36-17-31-26-16-23(10-12-27(26)36)22-9-11-24(33-19(2)37)25(15-22)34-20(3)38/h4-18H,1-3H3,(H,33,37)(H,34,38)(H,30,32,35). The summed E-state index contributed by atoms with van der Waals surface area (Å²) in [5, 5.41) is 8.90. The van der Waals surface area contributed by atoms with Crippen LogP contribution >= 0.6 is 0 Å². The van der Waals surface area contributed by atoms with Gasteiger partial charge in [-0.2, -0.15) is 4.98 Å². The van der Waals surface area contributed by atoms with Crippen LogP contribution in [-0.4, -0.2) is 31.3 Å². The van der Waals surface area contributed by atoms with Gasteiger partial charge in [0.15, 0.2) is 0 Å². The molecule has 5 rings (SSSR count). The molecule has 0 aliphatic carbocycles. The average Bonchev–Trinajstić information content (AvgIpc) is 3.33. The van der Waals surface area contributed by atoms with E-state index in [1.165, 1.54) is 13.8 Å². The topological polar surface area (TPSA) is 114 Å². The van der Waals surface area contributed by atoms with Crippen molar-refractivity contribution in [2.24, 2.45) is 0 Å². The third kappa shape index (κ3) is 5.36. The van der Waals surface area contributed by atoms with Crippen molar-refractivity contribution in [2.45, 2.75) is 26.8 Å². The van der Waals surface area contributed by atoms with Gasteiger partial charge in [-0.25, -0.2) is 9.97 Å². The van der Waals surface area contributed by atoms with Gasteiger partial charge in [-0.1, -0.05) is 42.5 Å². The van der Waals surface area contributed by atoms with Gasteiger partial charge in [0.1, 0.15) is 12.1 Å². The molecule has 5 aromatic rings. The van der Waals surface area contributed by atoms with E-state index in [9.17, 15) is 9.59 Å². The largest absolute Gasteiger partial charge is 0.348 e. The summed E-state index contributed by atoms with van der Waals surface area (Å²) in [6.45, 7) is 4.93. The van der Waals surface area contributed by atoms with Crippen LogP contribution in [0, 0.1) is 0 Å². The summed E-state index contributed by atoms with van der Waals surface area (Å²) in [6, 6.07) is 23.5. The lowest BCUT2D eigenvalue weighted by Gasteiger charge is -2.15. The van der Waals surface area contributed by atoms with Gasteiger partial charge in [0.2, 0.25) is 17.8 Å². The minimum atomic E-state index is -0.222. The van der Waals surface area contributed by atoms with Crippen molar-refractivity contribution in [3.8, 4) is 16.9 Å². The molecular weight excluding hydrogens is 478 g/mol. The van der Waals surface area contributed by atoms with Crippen LogP contribution in [0.25, 0.3) is 28.0 Å². The monoisotopic (exact) mass is 505 g/mol. The molecule has 0 spiro atoms. The van der Waals surface area contributed by atoms with Crippen LogP contribution in [0.15, 0.2) is 85.3 Å². The van der Waals surface area contributed by atoms with Crippen molar-refractivity contribution >= 4 is 40.2 Å². The zero-order valence-corrected chi connectivity index (χ0v) is 21.3. The second-order valence-electron chi connectivity index (χ2n) is 8.96. The molecule has 2 aromatic heterocycles. The first-order chi connectivity index (χ1) is 18.4. The Morgan fingerprint density at radius 1 is 0.816 bits per heavy atom. The molecule has 2 amide bonds. The number of hydrogen-bond acceptors (Lipinski definition) is 6. The van der Waals surface area contributed by atoms with Gasteiger partial charge in [0.25, 0.3) is 0 Å². The summed E-state index contributed by atoms with van der Waals surface area (Å²) in [7, 11) is 0. The van der Waals surface area contributed by atoms with Gasteiger partial charge < -0.3 is 16.0 Å². The predicted molar refractivity (Wildman–Crippen MR) is 149 cm³/mol. The average molecular weight is 506 g/mol. The summed E-state index contributed by atoms with van der Waals surface area (Å²) < 4.78 is 1.92. The number of carbonyl (C=O) groups is 2. The highest BCUT2D eigenvalue weighted by molar-refractivity contribution is 5.99. The Morgan fingerprint density at radius 2 is 1.53 bits per heavy atom. The van der Waals surface area contributed by atoms with Crippen molar-refractivity contribution in [1.82, 2.24) is 19.5 Å². The van der Waals surface area contributed by atoms with E-state index in [0.29, 0.717) is 23.1 Å². The van der Waals surface area contributed by atoms with E-state index in [0.717, 1.165) is 27.7 Å². The Labute approximate surface area is 220 Å². The fraction of sp³-hybridized carbons (Fsp3) is 0.138. The van der Waals surface area contributed by atoms with E-state index in [4.69, 9.17) is 4.98 Å². The van der Waals surface area contributed by atoms with Gasteiger partial charge in [-0.05, 0) is 53.9 Å². The normalized spacial score (nSPS) is 11.7. The highest BCUT2D eigenvalue weighted by atomic mass is 16.2. The van der Waals surface area contributed by atoms with E-state index >= 15 is 0 Å². The highest BCUT2D eigenvalue weighted by Crippen LogP contribution is 2.31. The Bertz CT molecular complexity index is 1630. The predicted octanol–water partition coefficient (Wildman–Crippen LogP) is 5.57. The molecule has 1 unspecified atom stereocenters. The SMILES string of the molecule is CC(=O)Nc1ccc(-c2ccc3c(c2)ncn3-c2ccnc(NC(C)c3ccccc3)n2)cc1NC(C)=O. The number of imidazole rings is 1. The Morgan fingerprint density at radius 3 is 2.29 bits per heavy atom. The van der Waals surface area contributed by atoms with Crippen molar-refractivity contribution in [1.29, 1.82) is 0 Å². The smallest absolute Gasteiger partial charge is 0.225 e. The molecule has 0 radical (unpaired) electrons. The van der Waals surface area contributed by atoms with Crippen LogP contribution < -0.4 is 16.0 Å². The van der Waals surface area contributed by atoms with Crippen LogP contribution in [0.2, 0.25) is 0 Å². The number of carbonyl (C=O) groups excluding carboxylic acids is 2. The maximum atomic E-state index is 11.7. The number of fused-ring (bicyclic) bond motifs is 1. The third-order valence-electron chi connectivity index (χ3n) is 6.05. The van der Waals surface area contributed by atoms with Gasteiger partial charge in [0.05, 0.1) is 28.5 Å². The minimum absolute atomic E-state index is 0.0490. The van der Waals surface area contributed by atoms with Gasteiger partial charge in [0, 0.05) is 20.0 Å². The highest BCUT2D eigenvalue weighted by Gasteiger charge is 2.13. The molecule has 38 heavy (non-hydrogen) atoms. The molecule has 0 aliphatic rings. The molecule has 2 heterocycles. The van der Waals surface area contributed by atoms with E-state index in [1.54, 1.807) is 18.6 Å². The molecule has 190 valence electrons. The molecule has 0 saturated carbocycles. The zero-order chi connectivity index (χ0) is 26.6. The minimum Gasteiger partial charge on any atom is -0.348 e. The lowest BCUT2D eigenvalue weighted by Crippen LogP contribution is -2.12. The first-order valence-corrected chi connectivity index (χ1v) is 12.2. The second kappa shape index (κ2) is 10.5. The number of nitrogens with zero attached hydrogens (tertiary/aromatic N) is 4. The number of aromatic nitrogens is 4. The number of benzene rings is 3. The molecule has 0 aliphatic heterocycles. The maximum absolute atomic E-state index is 11.7. The van der Waals surface area contributed by atoms with E-state index in [2.05, 4.69) is 45.0 Å². The maximum Gasteiger partial charge on any atom is 0.225 e. The van der Waals surface area contributed by atoms with Crippen LogP contribution in [0.5, 0.6) is 0 Å². The fourth-order valence-corrected chi connectivity index (χ4v) is 4.26. The lowest BCUT2D eigenvalue weighted by molar-refractivity contribution is -0.115. The van der Waals surface area contributed by atoms with Crippen molar-refractivity contribution in [3.05, 3.63) is 90.9 Å².